The second-order valence-electron chi connectivity index (χ2n) is 6.75. The first-order chi connectivity index (χ1) is 12.0. The summed E-state index contributed by atoms with van der Waals surface area (Å²) in [6, 6.07) is 12.0. The van der Waals surface area contributed by atoms with Crippen LogP contribution in [0.2, 0.25) is 5.02 Å². The van der Waals surface area contributed by atoms with E-state index in [1.54, 1.807) is 12.1 Å². The summed E-state index contributed by atoms with van der Waals surface area (Å²) in [6.07, 6.45) is 0.254. The van der Waals surface area contributed by atoms with Gasteiger partial charge in [-0.15, -0.1) is 0 Å². The number of fused-ring (bicyclic) bond motifs is 3. The summed E-state index contributed by atoms with van der Waals surface area (Å²) < 4.78 is 15.3. The molecule has 5 heteroatoms. The van der Waals surface area contributed by atoms with Gasteiger partial charge in [-0.1, -0.05) is 23.7 Å². The first-order valence-electron chi connectivity index (χ1n) is 8.44. The van der Waals surface area contributed by atoms with Crippen molar-refractivity contribution in [2.24, 2.45) is 0 Å². The molecule has 0 radical (unpaired) electrons. The molecule has 0 amide bonds. The molecule has 3 aromatic rings. The first kappa shape index (κ1) is 16.6. The van der Waals surface area contributed by atoms with Gasteiger partial charge in [0.25, 0.3) is 0 Å². The third kappa shape index (κ3) is 3.06. The van der Waals surface area contributed by atoms with Crippen LogP contribution >= 0.6 is 11.6 Å². The molecule has 0 bridgehead atoms. The molecule has 2 heterocycles. The van der Waals surface area contributed by atoms with Crippen LogP contribution in [0.3, 0.4) is 0 Å². The lowest BCUT2D eigenvalue weighted by Gasteiger charge is -2.25. The largest absolute Gasteiger partial charge is 0.387 e. The highest BCUT2D eigenvalue weighted by Crippen LogP contribution is 2.33. The molecule has 2 aromatic carbocycles. The molecule has 0 aliphatic carbocycles. The van der Waals surface area contributed by atoms with Crippen molar-refractivity contribution in [1.82, 2.24) is 9.47 Å². The molecular formula is C20H20ClFN2O. The molecule has 1 N–H and O–H groups in total. The van der Waals surface area contributed by atoms with Crippen LogP contribution in [0.15, 0.2) is 42.5 Å². The number of benzene rings is 2. The normalized spacial score (nSPS) is 16.2. The van der Waals surface area contributed by atoms with Gasteiger partial charge in [-0.05, 0) is 48.5 Å². The van der Waals surface area contributed by atoms with Crippen LogP contribution in [0, 0.1) is 5.82 Å². The van der Waals surface area contributed by atoms with Gasteiger partial charge in [0.1, 0.15) is 5.82 Å². The van der Waals surface area contributed by atoms with Gasteiger partial charge in [0.15, 0.2) is 0 Å². The molecule has 4 rings (SSSR count). The van der Waals surface area contributed by atoms with Crippen molar-refractivity contribution in [2.75, 3.05) is 13.6 Å². The van der Waals surface area contributed by atoms with E-state index in [0.29, 0.717) is 6.54 Å². The van der Waals surface area contributed by atoms with E-state index >= 15 is 0 Å². The zero-order chi connectivity index (χ0) is 17.6. The van der Waals surface area contributed by atoms with Crippen molar-refractivity contribution in [2.45, 2.75) is 25.6 Å². The number of nitrogens with zero attached hydrogens (tertiary/aromatic N) is 2. The molecule has 1 aliphatic rings. The van der Waals surface area contributed by atoms with Crippen molar-refractivity contribution in [3.8, 4) is 0 Å². The molecule has 25 heavy (non-hydrogen) atoms. The zero-order valence-corrected chi connectivity index (χ0v) is 14.8. The summed E-state index contributed by atoms with van der Waals surface area (Å²) >= 11 is 6.22. The SMILES string of the molecule is CN1CCc2c(c3cc(Cl)ccc3n2CC(O)c2ccc(F)cc2)C1. The Hall–Kier alpha value is -1.88. The Kier molecular flexibility index (Phi) is 4.28. The second-order valence-corrected chi connectivity index (χ2v) is 7.19. The Labute approximate surface area is 151 Å². The molecule has 3 nitrogen and oxygen atoms in total. The fourth-order valence-corrected chi connectivity index (χ4v) is 3.90. The highest BCUT2D eigenvalue weighted by molar-refractivity contribution is 6.31. The lowest BCUT2D eigenvalue weighted by Crippen LogP contribution is -2.27. The third-order valence-electron chi connectivity index (χ3n) is 5.02. The third-order valence-corrected chi connectivity index (χ3v) is 5.25. The summed E-state index contributed by atoms with van der Waals surface area (Å²) in [4.78, 5) is 2.30. The molecule has 1 aliphatic heterocycles. The Bertz CT molecular complexity index is 920. The first-order valence-corrected chi connectivity index (χ1v) is 8.82. The van der Waals surface area contributed by atoms with E-state index in [1.165, 1.54) is 23.4 Å². The van der Waals surface area contributed by atoms with Gasteiger partial charge < -0.3 is 14.6 Å². The number of hydrogen-bond donors (Lipinski definition) is 1. The Morgan fingerprint density at radius 1 is 1.20 bits per heavy atom. The summed E-state index contributed by atoms with van der Waals surface area (Å²) in [7, 11) is 2.12. The van der Waals surface area contributed by atoms with E-state index in [9.17, 15) is 9.50 Å². The van der Waals surface area contributed by atoms with Crippen LogP contribution in [-0.4, -0.2) is 28.2 Å². The van der Waals surface area contributed by atoms with Gasteiger partial charge in [-0.3, -0.25) is 0 Å². The number of aliphatic hydroxyl groups is 1. The quantitative estimate of drug-likeness (QED) is 0.761. The van der Waals surface area contributed by atoms with Crippen molar-refractivity contribution in [1.29, 1.82) is 0 Å². The van der Waals surface area contributed by atoms with E-state index < -0.39 is 6.10 Å². The van der Waals surface area contributed by atoms with Gasteiger partial charge in [-0.25, -0.2) is 4.39 Å². The Morgan fingerprint density at radius 2 is 1.96 bits per heavy atom. The Morgan fingerprint density at radius 3 is 2.72 bits per heavy atom. The highest BCUT2D eigenvalue weighted by Gasteiger charge is 2.24. The van der Waals surface area contributed by atoms with Crippen molar-refractivity contribution >= 4 is 22.5 Å². The van der Waals surface area contributed by atoms with Crippen LogP contribution in [0.4, 0.5) is 4.39 Å². The van der Waals surface area contributed by atoms with Gasteiger partial charge in [0.2, 0.25) is 0 Å². The minimum Gasteiger partial charge on any atom is -0.387 e. The molecule has 1 atom stereocenters. The molecule has 1 unspecified atom stereocenters. The van der Waals surface area contributed by atoms with E-state index in [4.69, 9.17) is 11.6 Å². The van der Waals surface area contributed by atoms with E-state index in [1.807, 2.05) is 18.2 Å². The van der Waals surface area contributed by atoms with E-state index in [2.05, 4.69) is 16.5 Å². The summed E-state index contributed by atoms with van der Waals surface area (Å²) in [5.74, 6) is -0.294. The van der Waals surface area contributed by atoms with Gasteiger partial charge in [-0.2, -0.15) is 0 Å². The monoisotopic (exact) mass is 358 g/mol. The van der Waals surface area contributed by atoms with E-state index in [0.717, 1.165) is 41.0 Å². The van der Waals surface area contributed by atoms with Crippen LogP contribution in [0.5, 0.6) is 0 Å². The number of aliphatic hydroxyl groups excluding tert-OH is 1. The smallest absolute Gasteiger partial charge is 0.123 e. The minimum absolute atomic E-state index is 0.294. The number of aromatic nitrogens is 1. The minimum atomic E-state index is -0.685. The predicted molar refractivity (Wildman–Crippen MR) is 98.3 cm³/mol. The second kappa shape index (κ2) is 6.45. The van der Waals surface area contributed by atoms with Crippen molar-refractivity contribution in [3.05, 3.63) is 70.1 Å². The predicted octanol–water partition coefficient (Wildman–Crippen LogP) is 4.16. The fourth-order valence-electron chi connectivity index (χ4n) is 3.73. The number of hydrogen-bond acceptors (Lipinski definition) is 2. The topological polar surface area (TPSA) is 28.4 Å². The van der Waals surface area contributed by atoms with E-state index in [-0.39, 0.29) is 5.82 Å². The summed E-state index contributed by atoms with van der Waals surface area (Å²) in [5.41, 5.74) is 4.36. The molecule has 0 fully saturated rings. The fraction of sp³-hybridized carbons (Fsp3) is 0.300. The van der Waals surface area contributed by atoms with Crippen LogP contribution < -0.4 is 0 Å². The standard InChI is InChI=1S/C20H20ClFN2O/c1-23-9-8-19-17(11-23)16-10-14(21)4-7-18(16)24(19)12-20(25)13-2-5-15(22)6-3-13/h2-7,10,20,25H,8-9,11-12H2,1H3. The maximum atomic E-state index is 13.1. The van der Waals surface area contributed by atoms with Crippen molar-refractivity contribution < 1.29 is 9.50 Å². The maximum absolute atomic E-state index is 13.1. The molecule has 130 valence electrons. The maximum Gasteiger partial charge on any atom is 0.123 e. The molecule has 1 aromatic heterocycles. The van der Waals surface area contributed by atoms with Gasteiger partial charge in [0, 0.05) is 41.1 Å². The average Bonchev–Trinajstić information content (AvgIpc) is 2.88. The lowest BCUT2D eigenvalue weighted by molar-refractivity contribution is 0.156. The average molecular weight is 359 g/mol. The van der Waals surface area contributed by atoms with Crippen molar-refractivity contribution in [3.63, 3.8) is 0 Å². The zero-order valence-electron chi connectivity index (χ0n) is 14.0. The lowest BCUT2D eigenvalue weighted by atomic mass is 10.0. The van der Waals surface area contributed by atoms with Crippen LogP contribution in [0.1, 0.15) is 22.9 Å². The van der Waals surface area contributed by atoms with Crippen LogP contribution in [0.25, 0.3) is 10.9 Å². The summed E-state index contributed by atoms with van der Waals surface area (Å²) in [5, 5.41) is 12.5. The number of rotatable bonds is 3. The molecular weight excluding hydrogens is 339 g/mol. The number of halogens is 2. The van der Waals surface area contributed by atoms with Crippen LogP contribution in [-0.2, 0) is 19.5 Å². The Balaban J connectivity index is 1.77. The van der Waals surface area contributed by atoms with Gasteiger partial charge >= 0.3 is 0 Å². The summed E-state index contributed by atoms with van der Waals surface area (Å²) in [6.45, 7) is 2.32. The number of likely N-dealkylation sites (N-methyl/N-ethyl adjacent to an activating group) is 1. The molecule has 0 spiro atoms. The molecule has 0 saturated carbocycles. The van der Waals surface area contributed by atoms with Gasteiger partial charge in [0.05, 0.1) is 12.6 Å². The molecule has 0 saturated heterocycles. The highest BCUT2D eigenvalue weighted by atomic mass is 35.5.